The second-order valence-corrected chi connectivity index (χ2v) is 8.17. The molecule has 2 fully saturated rings. The van der Waals surface area contributed by atoms with E-state index >= 15 is 0 Å². The molecule has 28 heavy (non-hydrogen) atoms. The highest BCUT2D eigenvalue weighted by molar-refractivity contribution is 7.18. The predicted octanol–water partition coefficient (Wildman–Crippen LogP) is 3.80. The number of anilines is 1. The highest BCUT2D eigenvalue weighted by Crippen LogP contribution is 2.37. The van der Waals surface area contributed by atoms with E-state index in [1.165, 1.54) is 0 Å². The number of carbonyl (C=O) groups excluding carboxylic acids is 2. The summed E-state index contributed by atoms with van der Waals surface area (Å²) in [6, 6.07) is 15.4. The molecule has 0 spiro atoms. The molecule has 3 amide bonds. The molecule has 0 radical (unpaired) electrons. The minimum absolute atomic E-state index is 0.0270. The van der Waals surface area contributed by atoms with Crippen molar-refractivity contribution in [3.8, 4) is 0 Å². The molecule has 0 saturated carbocycles. The number of nitrogens with zero attached hydrogens (tertiary/aromatic N) is 3. The van der Waals surface area contributed by atoms with Crippen molar-refractivity contribution >= 4 is 39.2 Å². The fourth-order valence-corrected chi connectivity index (χ4v) is 5.08. The van der Waals surface area contributed by atoms with Gasteiger partial charge in [0, 0.05) is 30.9 Å². The number of benzene rings is 2. The summed E-state index contributed by atoms with van der Waals surface area (Å²) in [4.78, 5) is 33.4. The van der Waals surface area contributed by atoms with Crippen LogP contribution in [0.4, 0.5) is 10.5 Å². The van der Waals surface area contributed by atoms with E-state index in [1.807, 2.05) is 47.4 Å². The SMILES string of the molecule is O=C1NCCN1c1ccc(C(=O)N2CCCC2c2nc3ccccc3s2)cc1. The van der Waals surface area contributed by atoms with Crippen LogP contribution in [-0.2, 0) is 0 Å². The van der Waals surface area contributed by atoms with Crippen LogP contribution in [0.3, 0.4) is 0 Å². The van der Waals surface area contributed by atoms with E-state index in [-0.39, 0.29) is 18.0 Å². The Kier molecular flexibility index (Phi) is 4.24. The topological polar surface area (TPSA) is 65.5 Å². The molecule has 3 aromatic rings. The van der Waals surface area contributed by atoms with Crippen molar-refractivity contribution in [2.45, 2.75) is 18.9 Å². The standard InChI is InChI=1S/C21H20N4O2S/c26-20(14-7-9-15(10-8-14)24-13-11-22-21(24)27)25-12-3-5-17(25)19-23-16-4-1-2-6-18(16)28-19/h1-2,4,6-10,17H,3,5,11-13H2,(H,22,27). The quantitative estimate of drug-likeness (QED) is 0.737. The van der Waals surface area contributed by atoms with Gasteiger partial charge in [-0.1, -0.05) is 12.1 Å². The Bertz CT molecular complexity index is 1010. The molecule has 2 aliphatic rings. The van der Waals surface area contributed by atoms with Gasteiger partial charge in [-0.2, -0.15) is 0 Å². The lowest BCUT2D eigenvalue weighted by atomic mass is 10.1. The number of aromatic nitrogens is 1. The zero-order valence-corrected chi connectivity index (χ0v) is 16.1. The maximum Gasteiger partial charge on any atom is 0.321 e. The lowest BCUT2D eigenvalue weighted by molar-refractivity contribution is 0.0735. The third kappa shape index (κ3) is 2.92. The maximum absolute atomic E-state index is 13.2. The van der Waals surface area contributed by atoms with E-state index in [2.05, 4.69) is 11.4 Å². The van der Waals surface area contributed by atoms with Crippen LogP contribution in [0.25, 0.3) is 10.2 Å². The minimum Gasteiger partial charge on any atom is -0.336 e. The van der Waals surface area contributed by atoms with Crippen LogP contribution < -0.4 is 10.2 Å². The number of nitrogens with one attached hydrogen (secondary N) is 1. The van der Waals surface area contributed by atoms with Crippen molar-refractivity contribution in [2.75, 3.05) is 24.5 Å². The first-order chi connectivity index (χ1) is 13.7. The number of carbonyl (C=O) groups is 2. The summed E-state index contributed by atoms with van der Waals surface area (Å²) in [6.07, 6.45) is 1.93. The maximum atomic E-state index is 13.2. The second-order valence-electron chi connectivity index (χ2n) is 7.11. The highest BCUT2D eigenvalue weighted by Gasteiger charge is 2.33. The average Bonchev–Trinajstić information content (AvgIpc) is 3.46. The number of para-hydroxylation sites is 1. The summed E-state index contributed by atoms with van der Waals surface area (Å²) in [6.45, 7) is 2.05. The normalized spacial score (nSPS) is 19.4. The van der Waals surface area contributed by atoms with E-state index < -0.39 is 0 Å². The molecule has 5 rings (SSSR count). The van der Waals surface area contributed by atoms with Gasteiger partial charge in [-0.15, -0.1) is 11.3 Å². The van der Waals surface area contributed by atoms with E-state index in [4.69, 9.17) is 4.98 Å². The smallest absolute Gasteiger partial charge is 0.321 e. The Morgan fingerprint density at radius 1 is 1.11 bits per heavy atom. The van der Waals surface area contributed by atoms with Gasteiger partial charge in [0.25, 0.3) is 5.91 Å². The van der Waals surface area contributed by atoms with Gasteiger partial charge in [0.2, 0.25) is 0 Å². The second kappa shape index (κ2) is 6.91. The van der Waals surface area contributed by atoms with Crippen molar-refractivity contribution in [1.29, 1.82) is 0 Å². The van der Waals surface area contributed by atoms with Gasteiger partial charge in [-0.3, -0.25) is 9.69 Å². The van der Waals surface area contributed by atoms with Crippen LogP contribution in [0, 0.1) is 0 Å². The number of fused-ring (bicyclic) bond motifs is 1. The van der Waals surface area contributed by atoms with Crippen LogP contribution in [0.1, 0.15) is 34.2 Å². The molecular formula is C21H20N4O2S. The molecule has 1 unspecified atom stereocenters. The molecule has 1 atom stereocenters. The zero-order valence-electron chi connectivity index (χ0n) is 15.3. The fraction of sp³-hybridized carbons (Fsp3) is 0.286. The fourth-order valence-electron chi connectivity index (χ4n) is 3.97. The Morgan fingerprint density at radius 2 is 1.93 bits per heavy atom. The third-order valence-corrected chi connectivity index (χ3v) is 6.53. The van der Waals surface area contributed by atoms with Crippen molar-refractivity contribution in [2.24, 2.45) is 0 Å². The number of thiazole rings is 1. The lowest BCUT2D eigenvalue weighted by Gasteiger charge is -2.23. The molecule has 7 heteroatoms. The van der Waals surface area contributed by atoms with E-state index in [0.717, 1.165) is 40.3 Å². The Balaban J connectivity index is 1.38. The van der Waals surface area contributed by atoms with E-state index in [1.54, 1.807) is 16.2 Å². The average molecular weight is 392 g/mol. The van der Waals surface area contributed by atoms with Crippen molar-refractivity contribution in [3.05, 3.63) is 59.1 Å². The highest BCUT2D eigenvalue weighted by atomic mass is 32.1. The Hall–Kier alpha value is -2.93. The first-order valence-corrected chi connectivity index (χ1v) is 10.3. The number of amides is 3. The largest absolute Gasteiger partial charge is 0.336 e. The van der Waals surface area contributed by atoms with Crippen molar-refractivity contribution in [1.82, 2.24) is 15.2 Å². The first-order valence-electron chi connectivity index (χ1n) is 9.52. The molecule has 6 nitrogen and oxygen atoms in total. The minimum atomic E-state index is -0.0884. The monoisotopic (exact) mass is 392 g/mol. The van der Waals surface area contributed by atoms with Gasteiger partial charge in [-0.05, 0) is 49.2 Å². The zero-order chi connectivity index (χ0) is 19.1. The van der Waals surface area contributed by atoms with Crippen LogP contribution >= 0.6 is 11.3 Å². The van der Waals surface area contributed by atoms with Crippen LogP contribution in [-0.4, -0.2) is 41.5 Å². The molecular weight excluding hydrogens is 372 g/mol. The Labute approximate surface area is 166 Å². The molecule has 0 bridgehead atoms. The summed E-state index contributed by atoms with van der Waals surface area (Å²) in [7, 11) is 0. The van der Waals surface area contributed by atoms with Crippen molar-refractivity contribution in [3.63, 3.8) is 0 Å². The van der Waals surface area contributed by atoms with Crippen LogP contribution in [0.2, 0.25) is 0 Å². The number of urea groups is 1. The summed E-state index contributed by atoms with van der Waals surface area (Å²) < 4.78 is 1.16. The molecule has 2 aromatic carbocycles. The number of rotatable bonds is 3. The lowest BCUT2D eigenvalue weighted by Crippen LogP contribution is -2.31. The molecule has 2 saturated heterocycles. The van der Waals surface area contributed by atoms with Gasteiger partial charge < -0.3 is 10.2 Å². The van der Waals surface area contributed by atoms with Gasteiger partial charge >= 0.3 is 6.03 Å². The molecule has 2 aliphatic heterocycles. The van der Waals surface area contributed by atoms with Gasteiger partial charge in [0.05, 0.1) is 16.3 Å². The molecule has 0 aliphatic carbocycles. The molecule has 1 aromatic heterocycles. The summed E-state index contributed by atoms with van der Waals surface area (Å²) in [5.41, 5.74) is 2.46. The summed E-state index contributed by atoms with van der Waals surface area (Å²) in [5.74, 6) is 0.0270. The molecule has 1 N–H and O–H groups in total. The Morgan fingerprint density at radius 3 is 2.68 bits per heavy atom. The summed E-state index contributed by atoms with van der Waals surface area (Å²) >= 11 is 1.67. The number of hydrogen-bond donors (Lipinski definition) is 1. The third-order valence-electron chi connectivity index (χ3n) is 5.39. The van der Waals surface area contributed by atoms with Gasteiger partial charge in [-0.25, -0.2) is 9.78 Å². The van der Waals surface area contributed by atoms with Crippen LogP contribution in [0.15, 0.2) is 48.5 Å². The van der Waals surface area contributed by atoms with E-state index in [0.29, 0.717) is 18.7 Å². The predicted molar refractivity (Wildman–Crippen MR) is 110 cm³/mol. The van der Waals surface area contributed by atoms with Gasteiger partial charge in [0.15, 0.2) is 0 Å². The van der Waals surface area contributed by atoms with E-state index in [9.17, 15) is 9.59 Å². The molecule has 142 valence electrons. The molecule has 3 heterocycles. The first kappa shape index (κ1) is 17.2. The number of hydrogen-bond acceptors (Lipinski definition) is 4. The van der Waals surface area contributed by atoms with Crippen molar-refractivity contribution < 1.29 is 9.59 Å². The van der Waals surface area contributed by atoms with Gasteiger partial charge in [0.1, 0.15) is 5.01 Å². The number of likely N-dealkylation sites (tertiary alicyclic amines) is 1. The van der Waals surface area contributed by atoms with Crippen LogP contribution in [0.5, 0.6) is 0 Å². The summed E-state index contributed by atoms with van der Waals surface area (Å²) in [5, 5.41) is 3.80.